The van der Waals surface area contributed by atoms with Crippen LogP contribution in [0, 0.1) is 5.92 Å². The zero-order chi connectivity index (χ0) is 25.9. The van der Waals surface area contributed by atoms with Gasteiger partial charge < -0.3 is 14.7 Å². The third-order valence-corrected chi connectivity index (χ3v) is 8.32. The van der Waals surface area contributed by atoms with E-state index in [1.54, 1.807) is 0 Å². The number of aromatic nitrogens is 1. The molecule has 1 aromatic carbocycles. The van der Waals surface area contributed by atoms with E-state index in [9.17, 15) is 14.7 Å². The summed E-state index contributed by atoms with van der Waals surface area (Å²) in [5.41, 5.74) is 3.55. The quantitative estimate of drug-likeness (QED) is 0.590. The lowest BCUT2D eigenvalue weighted by molar-refractivity contribution is -0.143. The monoisotopic (exact) mass is 506 g/mol. The first-order valence-electron chi connectivity index (χ1n) is 13.6. The summed E-state index contributed by atoms with van der Waals surface area (Å²) in [5, 5.41) is 9.36. The predicted octanol–water partition coefficient (Wildman–Crippen LogP) is 4.53. The first-order valence-corrected chi connectivity index (χ1v) is 13.6. The molecule has 3 aliphatic rings. The average Bonchev–Trinajstić information content (AvgIpc) is 3.24. The average molecular weight is 507 g/mol. The van der Waals surface area contributed by atoms with Crippen molar-refractivity contribution in [2.24, 2.45) is 5.92 Å². The number of carbonyl (C=O) groups excluding carboxylic acids is 1. The van der Waals surface area contributed by atoms with Crippen molar-refractivity contribution in [1.82, 2.24) is 14.8 Å². The molecule has 8 nitrogen and oxygen atoms in total. The fraction of sp³-hybridized carbons (Fsp3) is 0.552. The summed E-state index contributed by atoms with van der Waals surface area (Å²) in [4.78, 5) is 35.5. The molecule has 2 atom stereocenters. The molecule has 1 N–H and O–H groups in total. The van der Waals surface area contributed by atoms with E-state index in [1.807, 2.05) is 29.4 Å². The fourth-order valence-electron chi connectivity index (χ4n) is 6.09. The molecular weight excluding hydrogens is 468 g/mol. The van der Waals surface area contributed by atoms with Gasteiger partial charge >= 0.3 is 12.1 Å². The van der Waals surface area contributed by atoms with Gasteiger partial charge in [-0.2, -0.15) is 0 Å². The molecule has 37 heavy (non-hydrogen) atoms. The number of ether oxygens (including phenoxy) is 1. The molecule has 1 amide bonds. The molecule has 3 saturated heterocycles. The fourth-order valence-corrected chi connectivity index (χ4v) is 6.09. The molecule has 0 radical (unpaired) electrons. The van der Waals surface area contributed by atoms with Crippen molar-refractivity contribution in [3.05, 3.63) is 59.9 Å². The van der Waals surface area contributed by atoms with E-state index in [0.717, 1.165) is 31.5 Å². The molecule has 2 aromatic rings. The van der Waals surface area contributed by atoms with Crippen LogP contribution in [-0.4, -0.2) is 76.8 Å². The standard InChI is InChI=1S/C29H38N4O4/c1-20(2)21-3-5-22(6-4-21)27-26(19-31-15-9-23(10-16-31)28(34)35)37-29(36)33(27)25-11-17-32(18-12-25)24-7-13-30-14-8-24/h3-8,13-14,20,23,25-27H,9-12,15-19H2,1-2H3,(H,34,35). The SMILES string of the molecule is CC(C)c1ccc(C2C(CN3CCC(C(=O)O)CC3)OC(=O)N2C2CCN(c3ccncc3)CC2)cc1. The molecule has 0 bridgehead atoms. The van der Waals surface area contributed by atoms with Crippen molar-refractivity contribution >= 4 is 17.7 Å². The Balaban J connectivity index is 1.33. The van der Waals surface area contributed by atoms with Gasteiger partial charge in [0.2, 0.25) is 0 Å². The Bertz CT molecular complexity index is 1060. The van der Waals surface area contributed by atoms with Crippen LogP contribution in [0.4, 0.5) is 10.5 Å². The second-order valence-corrected chi connectivity index (χ2v) is 10.9. The van der Waals surface area contributed by atoms with Crippen LogP contribution >= 0.6 is 0 Å². The van der Waals surface area contributed by atoms with E-state index in [0.29, 0.717) is 38.4 Å². The van der Waals surface area contributed by atoms with E-state index >= 15 is 0 Å². The Kier molecular flexibility index (Phi) is 7.65. The molecule has 1 aromatic heterocycles. The number of hydrogen-bond acceptors (Lipinski definition) is 6. The topological polar surface area (TPSA) is 86.2 Å². The number of carboxylic acid groups (broad SMARTS) is 1. The molecule has 0 spiro atoms. The Morgan fingerprint density at radius 2 is 1.65 bits per heavy atom. The van der Waals surface area contributed by atoms with Gasteiger partial charge in [-0.25, -0.2) is 4.79 Å². The Labute approximate surface area is 219 Å². The largest absolute Gasteiger partial charge is 0.481 e. The third kappa shape index (κ3) is 5.59. The number of carboxylic acids is 1. The number of aliphatic carboxylic acids is 1. The Morgan fingerprint density at radius 3 is 2.24 bits per heavy atom. The second-order valence-electron chi connectivity index (χ2n) is 10.9. The highest BCUT2D eigenvalue weighted by molar-refractivity contribution is 5.72. The maximum Gasteiger partial charge on any atom is 0.411 e. The summed E-state index contributed by atoms with van der Waals surface area (Å²) in [6, 6.07) is 12.7. The molecule has 5 rings (SSSR count). The number of rotatable bonds is 7. The van der Waals surface area contributed by atoms with Gasteiger partial charge in [0.25, 0.3) is 0 Å². The summed E-state index contributed by atoms with van der Waals surface area (Å²) in [6.45, 7) is 8.19. The number of benzene rings is 1. The van der Waals surface area contributed by atoms with Crippen molar-refractivity contribution in [3.63, 3.8) is 0 Å². The van der Waals surface area contributed by atoms with E-state index < -0.39 is 5.97 Å². The summed E-state index contributed by atoms with van der Waals surface area (Å²) in [6.07, 6.45) is 6.17. The van der Waals surface area contributed by atoms with Gasteiger partial charge in [0.15, 0.2) is 0 Å². The van der Waals surface area contributed by atoms with Crippen molar-refractivity contribution < 1.29 is 19.4 Å². The molecule has 2 unspecified atom stereocenters. The van der Waals surface area contributed by atoms with E-state index in [1.165, 1.54) is 11.3 Å². The molecule has 4 heterocycles. The number of likely N-dealkylation sites (tertiary alicyclic amines) is 1. The van der Waals surface area contributed by atoms with E-state index in [4.69, 9.17) is 4.74 Å². The number of nitrogens with zero attached hydrogens (tertiary/aromatic N) is 4. The Morgan fingerprint density at radius 1 is 1.00 bits per heavy atom. The van der Waals surface area contributed by atoms with Crippen LogP contribution in [0.25, 0.3) is 0 Å². The Hall–Kier alpha value is -3.13. The van der Waals surface area contributed by atoms with Gasteiger partial charge in [0.05, 0.1) is 12.0 Å². The maximum atomic E-state index is 13.4. The number of pyridine rings is 1. The zero-order valence-corrected chi connectivity index (χ0v) is 21.8. The highest BCUT2D eigenvalue weighted by atomic mass is 16.6. The normalized spacial score (nSPS) is 24.0. The van der Waals surface area contributed by atoms with Crippen LogP contribution in [0.2, 0.25) is 0 Å². The minimum atomic E-state index is -0.709. The van der Waals surface area contributed by atoms with Crippen LogP contribution in [0.3, 0.4) is 0 Å². The molecule has 8 heteroatoms. The number of piperidine rings is 2. The number of cyclic esters (lactones) is 1. The lowest BCUT2D eigenvalue weighted by Gasteiger charge is -2.40. The third-order valence-electron chi connectivity index (χ3n) is 8.32. The van der Waals surface area contributed by atoms with Gasteiger partial charge in [0.1, 0.15) is 6.10 Å². The van der Waals surface area contributed by atoms with E-state index in [2.05, 4.69) is 52.9 Å². The lowest BCUT2D eigenvalue weighted by atomic mass is 9.92. The van der Waals surface area contributed by atoms with Gasteiger partial charge in [-0.3, -0.25) is 19.6 Å². The van der Waals surface area contributed by atoms with Gasteiger partial charge in [-0.1, -0.05) is 38.1 Å². The van der Waals surface area contributed by atoms with Crippen molar-refractivity contribution in [1.29, 1.82) is 0 Å². The molecule has 0 aliphatic carbocycles. The van der Waals surface area contributed by atoms with Crippen LogP contribution in [0.15, 0.2) is 48.8 Å². The maximum absolute atomic E-state index is 13.4. The van der Waals surface area contributed by atoms with Crippen LogP contribution < -0.4 is 4.90 Å². The van der Waals surface area contributed by atoms with Gasteiger partial charge in [0, 0.05) is 43.8 Å². The number of carbonyl (C=O) groups is 2. The second kappa shape index (κ2) is 11.1. The van der Waals surface area contributed by atoms with Crippen LogP contribution in [0.1, 0.15) is 62.6 Å². The first-order chi connectivity index (χ1) is 17.9. The number of amides is 1. The van der Waals surface area contributed by atoms with E-state index in [-0.39, 0.29) is 30.2 Å². The van der Waals surface area contributed by atoms with Gasteiger partial charge in [-0.15, -0.1) is 0 Å². The molecule has 3 fully saturated rings. The summed E-state index contributed by atoms with van der Waals surface area (Å²) < 4.78 is 6.07. The van der Waals surface area contributed by atoms with Crippen LogP contribution in [0.5, 0.6) is 0 Å². The zero-order valence-electron chi connectivity index (χ0n) is 21.8. The summed E-state index contributed by atoms with van der Waals surface area (Å²) in [5.74, 6) is -0.543. The first kappa shape index (κ1) is 25.5. The molecule has 198 valence electrons. The highest BCUT2D eigenvalue weighted by Crippen LogP contribution is 2.39. The molecular formula is C29H38N4O4. The minimum absolute atomic E-state index is 0.114. The molecule has 3 aliphatic heterocycles. The van der Waals surface area contributed by atoms with Crippen molar-refractivity contribution in [2.75, 3.05) is 37.6 Å². The van der Waals surface area contributed by atoms with Crippen molar-refractivity contribution in [3.8, 4) is 0 Å². The smallest absolute Gasteiger partial charge is 0.411 e. The highest BCUT2D eigenvalue weighted by Gasteiger charge is 2.47. The predicted molar refractivity (Wildman–Crippen MR) is 142 cm³/mol. The summed E-state index contributed by atoms with van der Waals surface area (Å²) >= 11 is 0. The van der Waals surface area contributed by atoms with Gasteiger partial charge in [-0.05, 0) is 68.0 Å². The number of anilines is 1. The minimum Gasteiger partial charge on any atom is -0.481 e. The lowest BCUT2D eigenvalue weighted by Crippen LogP contribution is -2.47. The van der Waals surface area contributed by atoms with Crippen molar-refractivity contribution in [2.45, 2.75) is 63.6 Å². The molecule has 0 saturated carbocycles. The van der Waals surface area contributed by atoms with Crippen LogP contribution in [-0.2, 0) is 9.53 Å². The summed E-state index contributed by atoms with van der Waals surface area (Å²) in [7, 11) is 0. The number of hydrogen-bond donors (Lipinski definition) is 1.